The number of benzene rings is 1. The highest BCUT2D eigenvalue weighted by atomic mass is 16.6. The quantitative estimate of drug-likeness (QED) is 0.650. The molecule has 0 fully saturated rings. The molecule has 3 aromatic rings. The third-order valence-electron chi connectivity index (χ3n) is 4.77. The van der Waals surface area contributed by atoms with Crippen LogP contribution in [0.25, 0.3) is 11.4 Å². The van der Waals surface area contributed by atoms with Gasteiger partial charge in [0.15, 0.2) is 5.78 Å². The number of aryl methyl sites for hydroxylation is 1. The van der Waals surface area contributed by atoms with Gasteiger partial charge in [0.2, 0.25) is 0 Å². The summed E-state index contributed by atoms with van der Waals surface area (Å²) in [5.41, 5.74) is 3.38. The number of H-pyrrole nitrogens is 1. The Bertz CT molecular complexity index is 1130. The van der Waals surface area contributed by atoms with Crippen molar-refractivity contribution in [2.24, 2.45) is 0 Å². The summed E-state index contributed by atoms with van der Waals surface area (Å²) in [4.78, 5) is 39.1. The molecule has 1 aromatic carbocycles. The molecule has 2 aromatic heterocycles. The van der Waals surface area contributed by atoms with Gasteiger partial charge < -0.3 is 15.0 Å². The van der Waals surface area contributed by atoms with Crippen molar-refractivity contribution in [1.82, 2.24) is 19.9 Å². The number of hydrogen-bond donors (Lipinski definition) is 2. The molecule has 8 heteroatoms. The van der Waals surface area contributed by atoms with Crippen molar-refractivity contribution in [2.75, 3.05) is 11.9 Å². The maximum atomic E-state index is 13.1. The van der Waals surface area contributed by atoms with Crippen molar-refractivity contribution >= 4 is 23.3 Å². The lowest BCUT2D eigenvalue weighted by Crippen LogP contribution is -2.42. The first-order valence-electron chi connectivity index (χ1n) is 10.1. The monoisotopic (exact) mass is 419 g/mol. The van der Waals surface area contributed by atoms with Crippen LogP contribution in [0.3, 0.4) is 0 Å². The Kier molecular flexibility index (Phi) is 5.22. The number of hydrogen-bond acceptors (Lipinski definition) is 6. The zero-order chi connectivity index (χ0) is 22.2. The Morgan fingerprint density at radius 3 is 2.58 bits per heavy atom. The van der Waals surface area contributed by atoms with Crippen molar-refractivity contribution in [2.45, 2.75) is 39.8 Å². The first-order valence-corrected chi connectivity index (χ1v) is 10.1. The molecular weight excluding hydrogens is 394 g/mol. The maximum Gasteiger partial charge on any atom is 0.411 e. The minimum absolute atomic E-state index is 0.0501. The van der Waals surface area contributed by atoms with Crippen LogP contribution in [0.2, 0.25) is 0 Å². The summed E-state index contributed by atoms with van der Waals surface area (Å²) in [6.07, 6.45) is 1.16. The molecule has 0 unspecified atom stereocenters. The van der Waals surface area contributed by atoms with E-state index in [1.54, 1.807) is 33.0 Å². The van der Waals surface area contributed by atoms with Gasteiger partial charge in [-0.1, -0.05) is 18.2 Å². The van der Waals surface area contributed by atoms with Gasteiger partial charge in [0, 0.05) is 17.6 Å². The van der Waals surface area contributed by atoms with E-state index in [2.05, 4.69) is 20.3 Å². The number of nitrogens with one attached hydrogen (secondary N) is 2. The molecule has 8 nitrogen and oxygen atoms in total. The van der Waals surface area contributed by atoms with Gasteiger partial charge in [-0.15, -0.1) is 0 Å². The molecule has 0 spiro atoms. The summed E-state index contributed by atoms with van der Waals surface area (Å²) in [6.45, 7) is 7.40. The van der Waals surface area contributed by atoms with Gasteiger partial charge >= 0.3 is 6.09 Å². The Morgan fingerprint density at radius 2 is 1.90 bits per heavy atom. The molecule has 160 valence electrons. The molecule has 2 N–H and O–H groups in total. The van der Waals surface area contributed by atoms with Gasteiger partial charge in [-0.05, 0) is 45.9 Å². The van der Waals surface area contributed by atoms with Crippen LogP contribution in [0.4, 0.5) is 16.2 Å². The highest BCUT2D eigenvalue weighted by molar-refractivity contribution is 6.09. The molecule has 0 atom stereocenters. The second kappa shape index (κ2) is 7.86. The average molecular weight is 419 g/mol. The smallest absolute Gasteiger partial charge is 0.411 e. The minimum Gasteiger partial charge on any atom is -0.444 e. The lowest BCUT2D eigenvalue weighted by atomic mass is 10.0. The number of carbonyl (C=O) groups is 2. The standard InChI is InChI=1S/C23H25N5O3/c1-14-24-11-10-16(25-14)20-21(26-15-8-6-5-7-9-15)19-17(27-20)12-28(13-18(19)29)22(30)31-23(2,3)4/h5-11,26-27H,12-13H2,1-4H3. The van der Waals surface area contributed by atoms with Gasteiger partial charge in [-0.25, -0.2) is 14.8 Å². The SMILES string of the molecule is Cc1nccc(-c2[nH]c3c(c2Nc2ccccc2)C(=O)CN(C(=O)OC(C)(C)C)C3)n1. The molecule has 31 heavy (non-hydrogen) atoms. The summed E-state index contributed by atoms with van der Waals surface area (Å²) in [7, 11) is 0. The lowest BCUT2D eigenvalue weighted by Gasteiger charge is -2.29. The zero-order valence-corrected chi connectivity index (χ0v) is 18.0. The van der Waals surface area contributed by atoms with Crippen LogP contribution in [-0.2, 0) is 11.3 Å². The third-order valence-corrected chi connectivity index (χ3v) is 4.77. The third kappa shape index (κ3) is 4.42. The van der Waals surface area contributed by atoms with E-state index in [4.69, 9.17) is 4.74 Å². The molecule has 0 aliphatic carbocycles. The van der Waals surface area contributed by atoms with Gasteiger partial charge in [-0.2, -0.15) is 0 Å². The first kappa shape index (κ1) is 20.6. The number of para-hydroxylation sites is 1. The van der Waals surface area contributed by atoms with E-state index in [1.807, 2.05) is 37.3 Å². The Morgan fingerprint density at radius 1 is 1.16 bits per heavy atom. The van der Waals surface area contributed by atoms with Gasteiger partial charge in [0.05, 0.1) is 35.7 Å². The predicted molar refractivity (Wildman–Crippen MR) is 117 cm³/mol. The second-order valence-electron chi connectivity index (χ2n) is 8.47. The summed E-state index contributed by atoms with van der Waals surface area (Å²) >= 11 is 0. The van der Waals surface area contributed by atoms with E-state index in [0.29, 0.717) is 34.2 Å². The molecule has 3 heterocycles. The Hall–Kier alpha value is -3.68. The van der Waals surface area contributed by atoms with E-state index in [-0.39, 0.29) is 18.9 Å². The maximum absolute atomic E-state index is 13.1. The van der Waals surface area contributed by atoms with Crippen LogP contribution in [0.1, 0.15) is 42.6 Å². The molecular formula is C23H25N5O3. The molecule has 0 bridgehead atoms. The molecule has 0 saturated heterocycles. The Balaban J connectivity index is 1.76. The van der Waals surface area contributed by atoms with Crippen molar-refractivity contribution in [1.29, 1.82) is 0 Å². The van der Waals surface area contributed by atoms with Crippen molar-refractivity contribution in [3.05, 3.63) is 59.7 Å². The number of ketones is 1. The molecule has 1 aliphatic rings. The fraction of sp³-hybridized carbons (Fsp3) is 0.304. The zero-order valence-electron chi connectivity index (χ0n) is 18.0. The van der Waals surface area contributed by atoms with E-state index < -0.39 is 11.7 Å². The fourth-order valence-corrected chi connectivity index (χ4v) is 3.51. The number of carbonyl (C=O) groups excluding carboxylic acids is 2. The van der Waals surface area contributed by atoms with Crippen molar-refractivity contribution < 1.29 is 14.3 Å². The number of ether oxygens (including phenoxy) is 1. The largest absolute Gasteiger partial charge is 0.444 e. The number of aromatic amines is 1. The number of nitrogens with zero attached hydrogens (tertiary/aromatic N) is 3. The first-order chi connectivity index (χ1) is 14.7. The van der Waals surface area contributed by atoms with E-state index in [9.17, 15) is 9.59 Å². The second-order valence-corrected chi connectivity index (χ2v) is 8.47. The van der Waals surface area contributed by atoms with E-state index in [0.717, 1.165) is 5.69 Å². The van der Waals surface area contributed by atoms with Crippen molar-refractivity contribution in [3.8, 4) is 11.4 Å². The molecule has 4 rings (SSSR count). The molecule has 1 aliphatic heterocycles. The van der Waals surface area contributed by atoms with E-state index >= 15 is 0 Å². The molecule has 0 radical (unpaired) electrons. The predicted octanol–water partition coefficient (Wildman–Crippen LogP) is 4.46. The summed E-state index contributed by atoms with van der Waals surface area (Å²) in [5, 5.41) is 3.36. The van der Waals surface area contributed by atoms with Crippen LogP contribution < -0.4 is 5.32 Å². The molecule has 0 saturated carbocycles. The number of anilines is 2. The highest BCUT2D eigenvalue weighted by Crippen LogP contribution is 2.37. The average Bonchev–Trinajstić information content (AvgIpc) is 3.06. The van der Waals surface area contributed by atoms with Crippen LogP contribution in [-0.4, -0.2) is 43.9 Å². The van der Waals surface area contributed by atoms with Gasteiger partial charge in [0.1, 0.15) is 11.4 Å². The van der Waals surface area contributed by atoms with Crippen LogP contribution in [0.15, 0.2) is 42.6 Å². The van der Waals surface area contributed by atoms with Crippen LogP contribution in [0.5, 0.6) is 0 Å². The summed E-state index contributed by atoms with van der Waals surface area (Å²) in [5.74, 6) is 0.455. The van der Waals surface area contributed by atoms with Crippen LogP contribution in [0, 0.1) is 6.92 Å². The highest BCUT2D eigenvalue weighted by Gasteiger charge is 2.34. The van der Waals surface area contributed by atoms with Crippen molar-refractivity contribution in [3.63, 3.8) is 0 Å². The number of rotatable bonds is 3. The van der Waals surface area contributed by atoms with E-state index in [1.165, 1.54) is 4.90 Å². The normalized spacial score (nSPS) is 13.7. The minimum atomic E-state index is -0.639. The number of amides is 1. The Labute approximate surface area is 180 Å². The number of fused-ring (bicyclic) bond motifs is 1. The van der Waals surface area contributed by atoms with Crippen LogP contribution >= 0.6 is 0 Å². The number of aromatic nitrogens is 3. The lowest BCUT2D eigenvalue weighted by molar-refractivity contribution is 0.0218. The topological polar surface area (TPSA) is 100 Å². The number of Topliss-reactive ketones (excluding diaryl/α,β-unsaturated/α-hetero) is 1. The van der Waals surface area contributed by atoms with Gasteiger partial charge in [0.25, 0.3) is 0 Å². The van der Waals surface area contributed by atoms with Gasteiger partial charge in [-0.3, -0.25) is 9.69 Å². The molecule has 1 amide bonds. The summed E-state index contributed by atoms with van der Waals surface area (Å²) in [6, 6.07) is 11.4. The summed E-state index contributed by atoms with van der Waals surface area (Å²) < 4.78 is 5.46. The fourth-order valence-electron chi connectivity index (χ4n) is 3.51.